The number of halogens is 1. The van der Waals surface area contributed by atoms with Gasteiger partial charge in [-0.05, 0) is 49.8 Å². The first-order valence-corrected chi connectivity index (χ1v) is 10.8. The van der Waals surface area contributed by atoms with Crippen LogP contribution in [0.25, 0.3) is 5.69 Å². The third-order valence-electron chi connectivity index (χ3n) is 5.78. The number of rotatable bonds is 3. The van der Waals surface area contributed by atoms with Gasteiger partial charge < -0.3 is 5.32 Å². The van der Waals surface area contributed by atoms with Crippen LogP contribution < -0.4 is 5.32 Å². The number of nitrogens with one attached hydrogen (secondary N) is 1. The number of carbonyl (C=O) groups excluding carboxylic acids is 2. The monoisotopic (exact) mass is 426 g/mol. The van der Waals surface area contributed by atoms with Crippen molar-refractivity contribution in [1.29, 1.82) is 0 Å². The molecule has 3 amide bonds. The van der Waals surface area contributed by atoms with Crippen LogP contribution in [0, 0.1) is 6.92 Å². The number of aryl methyl sites for hydroxylation is 2. The lowest BCUT2D eigenvalue weighted by atomic mass is 9.80. The Kier molecular flexibility index (Phi) is 4.26. The van der Waals surface area contributed by atoms with Gasteiger partial charge in [0.2, 0.25) is 0 Å². The Hall–Kier alpha value is -2.64. The molecule has 0 unspecified atom stereocenters. The summed E-state index contributed by atoms with van der Waals surface area (Å²) in [5, 5.41) is 9.91. The van der Waals surface area contributed by atoms with Crippen LogP contribution in [-0.2, 0) is 23.3 Å². The van der Waals surface area contributed by atoms with E-state index in [0.29, 0.717) is 22.8 Å². The average molecular weight is 427 g/mol. The molecule has 1 atom stereocenters. The van der Waals surface area contributed by atoms with E-state index in [1.165, 1.54) is 9.78 Å². The van der Waals surface area contributed by atoms with Crippen LogP contribution in [0.2, 0.25) is 5.15 Å². The lowest BCUT2D eigenvalue weighted by molar-refractivity contribution is -0.132. The number of nitrogens with zero attached hydrogens (tertiary/aromatic N) is 3. The van der Waals surface area contributed by atoms with E-state index in [9.17, 15) is 9.59 Å². The van der Waals surface area contributed by atoms with Gasteiger partial charge in [-0.3, -0.25) is 9.69 Å². The number of amides is 3. The van der Waals surface area contributed by atoms with Crippen LogP contribution in [0.1, 0.15) is 34.5 Å². The molecule has 2 aromatic heterocycles. The number of hydrogen-bond acceptors (Lipinski definition) is 4. The topological polar surface area (TPSA) is 67.2 Å². The highest BCUT2D eigenvalue weighted by Gasteiger charge is 2.54. The maximum Gasteiger partial charge on any atom is 0.325 e. The van der Waals surface area contributed by atoms with Crippen molar-refractivity contribution in [3.63, 3.8) is 0 Å². The summed E-state index contributed by atoms with van der Waals surface area (Å²) in [5.74, 6) is -0.204. The number of carbonyl (C=O) groups is 2. The zero-order valence-electron chi connectivity index (χ0n) is 15.8. The molecule has 6 nitrogen and oxygen atoms in total. The minimum atomic E-state index is -0.944. The summed E-state index contributed by atoms with van der Waals surface area (Å²) in [4.78, 5) is 28.7. The lowest BCUT2D eigenvalue weighted by Gasteiger charge is -2.31. The number of benzene rings is 1. The van der Waals surface area contributed by atoms with Crippen LogP contribution in [0.3, 0.4) is 0 Å². The van der Waals surface area contributed by atoms with Gasteiger partial charge in [-0.1, -0.05) is 29.8 Å². The first-order valence-electron chi connectivity index (χ1n) is 9.51. The van der Waals surface area contributed by atoms with Gasteiger partial charge in [0.1, 0.15) is 10.7 Å². The van der Waals surface area contributed by atoms with E-state index >= 15 is 0 Å². The number of hydrogen-bond donors (Lipinski definition) is 1. The van der Waals surface area contributed by atoms with Gasteiger partial charge in [-0.15, -0.1) is 11.3 Å². The molecular formula is C21H19ClN4O2S. The predicted octanol–water partition coefficient (Wildman–Crippen LogP) is 4.18. The van der Waals surface area contributed by atoms with Gasteiger partial charge in [-0.2, -0.15) is 5.10 Å². The Bertz CT molecular complexity index is 1120. The highest BCUT2D eigenvalue weighted by atomic mass is 35.5. The Morgan fingerprint density at radius 1 is 1.24 bits per heavy atom. The second-order valence-electron chi connectivity index (χ2n) is 7.44. The molecule has 2 aliphatic rings. The van der Waals surface area contributed by atoms with Crippen LogP contribution in [0.15, 0.2) is 41.8 Å². The Morgan fingerprint density at radius 3 is 2.83 bits per heavy atom. The Morgan fingerprint density at radius 2 is 2.03 bits per heavy atom. The standard InChI is InChI=1S/C21H19ClN4O2S/c1-13-15(18(22)26(24-13)14-6-3-2-4-7-14)12-25-19(27)21(23-20(25)28)10-5-8-17-16(21)9-11-29-17/h2-4,6-7,9,11H,5,8,10,12H2,1H3,(H,23,28)/t21-/m0/s1. The van der Waals surface area contributed by atoms with Crippen LogP contribution in [0.4, 0.5) is 4.79 Å². The zero-order chi connectivity index (χ0) is 20.2. The summed E-state index contributed by atoms with van der Waals surface area (Å²) < 4.78 is 1.64. The zero-order valence-corrected chi connectivity index (χ0v) is 17.4. The molecule has 5 rings (SSSR count). The molecule has 8 heteroatoms. The van der Waals surface area contributed by atoms with Crippen LogP contribution in [0.5, 0.6) is 0 Å². The highest BCUT2D eigenvalue weighted by molar-refractivity contribution is 7.10. The van der Waals surface area contributed by atoms with E-state index < -0.39 is 5.54 Å². The smallest absolute Gasteiger partial charge is 0.319 e. The molecule has 3 aromatic rings. The second kappa shape index (κ2) is 6.71. The van der Waals surface area contributed by atoms with Crippen molar-refractivity contribution < 1.29 is 9.59 Å². The van der Waals surface area contributed by atoms with Gasteiger partial charge in [0.05, 0.1) is 17.9 Å². The SMILES string of the molecule is Cc1nn(-c2ccccc2)c(Cl)c1CN1C(=O)N[C@]2(CCCc3sccc32)C1=O. The van der Waals surface area contributed by atoms with E-state index in [1.807, 2.05) is 48.7 Å². The third-order valence-corrected chi connectivity index (χ3v) is 7.14. The van der Waals surface area contributed by atoms with Crippen molar-refractivity contribution in [2.45, 2.75) is 38.3 Å². The quantitative estimate of drug-likeness (QED) is 0.639. The van der Waals surface area contributed by atoms with Crippen LogP contribution in [-0.4, -0.2) is 26.6 Å². The molecule has 0 saturated carbocycles. The van der Waals surface area contributed by atoms with E-state index in [1.54, 1.807) is 16.0 Å². The molecule has 0 bridgehead atoms. The number of urea groups is 1. The Labute approximate surface area is 177 Å². The molecule has 1 saturated heterocycles. The summed E-state index contributed by atoms with van der Waals surface area (Å²) in [6, 6.07) is 11.1. The molecule has 1 aromatic carbocycles. The largest absolute Gasteiger partial charge is 0.325 e. The summed E-state index contributed by atoms with van der Waals surface area (Å²) in [6.07, 6.45) is 2.44. The summed E-state index contributed by atoms with van der Waals surface area (Å²) >= 11 is 8.26. The van der Waals surface area contributed by atoms with Crippen LogP contribution >= 0.6 is 22.9 Å². The maximum absolute atomic E-state index is 13.4. The molecule has 1 aliphatic heterocycles. The van der Waals surface area contributed by atoms with Crippen molar-refractivity contribution in [2.75, 3.05) is 0 Å². The number of fused-ring (bicyclic) bond motifs is 2. The number of imide groups is 1. The van der Waals surface area contributed by atoms with Gasteiger partial charge in [0.15, 0.2) is 0 Å². The van der Waals surface area contributed by atoms with Crippen molar-refractivity contribution in [3.8, 4) is 5.69 Å². The normalized spacial score (nSPS) is 21.0. The van der Waals surface area contributed by atoms with Crippen molar-refractivity contribution in [2.24, 2.45) is 0 Å². The number of thiophene rings is 1. The molecule has 3 heterocycles. The molecule has 1 N–H and O–H groups in total. The highest BCUT2D eigenvalue weighted by Crippen LogP contribution is 2.42. The molecule has 29 heavy (non-hydrogen) atoms. The van der Waals surface area contributed by atoms with E-state index in [0.717, 1.165) is 24.1 Å². The van der Waals surface area contributed by atoms with Crippen molar-refractivity contribution in [3.05, 3.63) is 68.6 Å². The molecule has 148 valence electrons. The fourth-order valence-electron chi connectivity index (χ4n) is 4.29. The number of para-hydroxylation sites is 1. The van der Waals surface area contributed by atoms with Crippen molar-refractivity contribution >= 4 is 34.9 Å². The van der Waals surface area contributed by atoms with Gasteiger partial charge in [0.25, 0.3) is 5.91 Å². The van der Waals surface area contributed by atoms with Gasteiger partial charge in [-0.25, -0.2) is 9.48 Å². The summed E-state index contributed by atoms with van der Waals surface area (Å²) in [7, 11) is 0. The molecule has 1 fully saturated rings. The summed E-state index contributed by atoms with van der Waals surface area (Å²) in [5.41, 5.74) is 2.20. The number of aromatic nitrogens is 2. The minimum Gasteiger partial charge on any atom is -0.319 e. The lowest BCUT2D eigenvalue weighted by Crippen LogP contribution is -2.46. The van der Waals surface area contributed by atoms with E-state index in [2.05, 4.69) is 10.4 Å². The fraction of sp³-hybridized carbons (Fsp3) is 0.286. The second-order valence-corrected chi connectivity index (χ2v) is 8.80. The first kappa shape index (κ1) is 18.4. The summed E-state index contributed by atoms with van der Waals surface area (Å²) in [6.45, 7) is 1.94. The third kappa shape index (κ3) is 2.72. The van der Waals surface area contributed by atoms with Gasteiger partial charge in [0, 0.05) is 16.0 Å². The average Bonchev–Trinajstić information content (AvgIpc) is 3.37. The van der Waals surface area contributed by atoms with E-state index in [-0.39, 0.29) is 18.5 Å². The first-order chi connectivity index (χ1) is 14.0. The fourth-order valence-corrected chi connectivity index (χ4v) is 5.63. The molecule has 1 spiro atoms. The van der Waals surface area contributed by atoms with Crippen molar-refractivity contribution in [1.82, 2.24) is 20.0 Å². The Balaban J connectivity index is 1.49. The predicted molar refractivity (Wildman–Crippen MR) is 111 cm³/mol. The maximum atomic E-state index is 13.4. The molecular weight excluding hydrogens is 408 g/mol. The van der Waals surface area contributed by atoms with E-state index in [4.69, 9.17) is 11.6 Å². The minimum absolute atomic E-state index is 0.101. The van der Waals surface area contributed by atoms with Gasteiger partial charge >= 0.3 is 6.03 Å². The molecule has 1 aliphatic carbocycles. The molecule has 0 radical (unpaired) electrons.